The summed E-state index contributed by atoms with van der Waals surface area (Å²) in [5.41, 5.74) is 1.88. The van der Waals surface area contributed by atoms with Crippen molar-refractivity contribution in [1.29, 1.82) is 0 Å². The molecule has 0 spiro atoms. The van der Waals surface area contributed by atoms with Gasteiger partial charge in [-0.2, -0.15) is 0 Å². The minimum absolute atomic E-state index is 0.184. The van der Waals surface area contributed by atoms with Gasteiger partial charge in [-0.15, -0.1) is 0 Å². The Kier molecular flexibility index (Phi) is 10.5. The highest BCUT2D eigenvalue weighted by Gasteiger charge is 2.45. The third-order valence-electron chi connectivity index (χ3n) is 6.54. The maximum absolute atomic E-state index is 11.5. The van der Waals surface area contributed by atoms with Gasteiger partial charge in [-0.1, -0.05) is 25.0 Å². The fourth-order valence-electron chi connectivity index (χ4n) is 4.59. The molecule has 1 saturated heterocycles. The number of aliphatic hydroxyl groups excluding tert-OH is 4. The van der Waals surface area contributed by atoms with Crippen molar-refractivity contribution in [2.24, 2.45) is 5.92 Å². The van der Waals surface area contributed by atoms with Crippen LogP contribution in [0.1, 0.15) is 45.1 Å². The number of esters is 1. The maximum Gasteiger partial charge on any atom is 0.330 e. The van der Waals surface area contributed by atoms with Gasteiger partial charge in [0.15, 0.2) is 6.29 Å². The summed E-state index contributed by atoms with van der Waals surface area (Å²) in [4.78, 5) is 11.5. The van der Waals surface area contributed by atoms with Crippen LogP contribution in [0.15, 0.2) is 35.9 Å². The van der Waals surface area contributed by atoms with Crippen molar-refractivity contribution < 1.29 is 44.2 Å². The minimum Gasteiger partial charge on any atom is -0.489 e. The number of hydrogen-bond acceptors (Lipinski definition) is 9. The van der Waals surface area contributed by atoms with Gasteiger partial charge in [0, 0.05) is 6.08 Å². The summed E-state index contributed by atoms with van der Waals surface area (Å²) in [6.45, 7) is 3.71. The summed E-state index contributed by atoms with van der Waals surface area (Å²) >= 11 is 0. The fourth-order valence-corrected chi connectivity index (χ4v) is 4.59. The average molecular weight is 495 g/mol. The summed E-state index contributed by atoms with van der Waals surface area (Å²) in [5, 5.41) is 39.8. The molecule has 0 aromatic heterocycles. The fraction of sp³-hybridized carbons (Fsp3) is 0.654. The van der Waals surface area contributed by atoms with Gasteiger partial charge in [-0.25, -0.2) is 4.79 Å². The third-order valence-corrected chi connectivity index (χ3v) is 6.54. The monoisotopic (exact) mass is 494 g/mol. The molecule has 35 heavy (non-hydrogen) atoms. The Morgan fingerprint density at radius 1 is 1.09 bits per heavy atom. The molecule has 9 heteroatoms. The van der Waals surface area contributed by atoms with E-state index in [4.69, 9.17) is 18.9 Å². The molecule has 2 aliphatic rings. The summed E-state index contributed by atoms with van der Waals surface area (Å²) in [6.07, 6.45) is -0.507. The quantitative estimate of drug-likeness (QED) is 0.282. The molecule has 2 fully saturated rings. The van der Waals surface area contributed by atoms with E-state index in [0.29, 0.717) is 12.4 Å². The Bertz CT molecular complexity index is 823. The molecule has 0 bridgehead atoms. The smallest absolute Gasteiger partial charge is 0.330 e. The second kappa shape index (κ2) is 13.3. The van der Waals surface area contributed by atoms with Crippen LogP contribution >= 0.6 is 0 Å². The van der Waals surface area contributed by atoms with Crippen LogP contribution in [0.3, 0.4) is 0 Å². The van der Waals surface area contributed by atoms with Crippen LogP contribution in [0.4, 0.5) is 0 Å². The van der Waals surface area contributed by atoms with Crippen molar-refractivity contribution in [3.8, 4) is 5.75 Å². The van der Waals surface area contributed by atoms with E-state index >= 15 is 0 Å². The molecule has 7 atom stereocenters. The topological polar surface area (TPSA) is 135 Å². The van der Waals surface area contributed by atoms with Gasteiger partial charge < -0.3 is 39.4 Å². The Balaban J connectivity index is 1.56. The van der Waals surface area contributed by atoms with Crippen molar-refractivity contribution in [2.45, 2.75) is 82.8 Å². The molecule has 1 aromatic rings. The first-order chi connectivity index (χ1) is 16.8. The average Bonchev–Trinajstić information content (AvgIpc) is 2.85. The molecule has 0 radical (unpaired) electrons. The Morgan fingerprint density at radius 3 is 2.49 bits per heavy atom. The number of rotatable bonds is 10. The second-order valence-corrected chi connectivity index (χ2v) is 9.30. The Labute approximate surface area is 206 Å². The van der Waals surface area contributed by atoms with Crippen molar-refractivity contribution in [2.75, 3.05) is 19.8 Å². The van der Waals surface area contributed by atoms with E-state index in [1.807, 2.05) is 31.2 Å². The normalized spacial score (nSPS) is 31.7. The summed E-state index contributed by atoms with van der Waals surface area (Å²) in [7, 11) is 0. The van der Waals surface area contributed by atoms with Crippen molar-refractivity contribution in [1.82, 2.24) is 0 Å². The van der Waals surface area contributed by atoms with Gasteiger partial charge in [0.25, 0.3) is 0 Å². The number of carbonyl (C=O) groups excluding carboxylic acids is 1. The Hall–Kier alpha value is -2.01. The number of aliphatic hydroxyl groups is 4. The first-order valence-electron chi connectivity index (χ1n) is 12.3. The molecule has 1 aliphatic carbocycles. The summed E-state index contributed by atoms with van der Waals surface area (Å²) in [6, 6.07) is 7.78. The van der Waals surface area contributed by atoms with Crippen molar-refractivity contribution >= 4 is 5.97 Å². The molecular weight excluding hydrogens is 456 g/mol. The maximum atomic E-state index is 11.5. The number of hydrogen-bond donors (Lipinski definition) is 4. The number of benzene rings is 1. The van der Waals surface area contributed by atoms with Crippen LogP contribution in [0.25, 0.3) is 0 Å². The van der Waals surface area contributed by atoms with Gasteiger partial charge in [0.2, 0.25) is 0 Å². The first-order valence-corrected chi connectivity index (χ1v) is 12.3. The van der Waals surface area contributed by atoms with Gasteiger partial charge in [-0.3, -0.25) is 0 Å². The van der Waals surface area contributed by atoms with Gasteiger partial charge >= 0.3 is 5.97 Å². The van der Waals surface area contributed by atoms with Crippen molar-refractivity contribution in [3.63, 3.8) is 0 Å². The van der Waals surface area contributed by atoms with Crippen LogP contribution in [0, 0.1) is 5.92 Å². The zero-order valence-electron chi connectivity index (χ0n) is 20.4. The zero-order chi connectivity index (χ0) is 25.4. The van der Waals surface area contributed by atoms with E-state index < -0.39 is 37.3 Å². The molecular formula is C26H38O9. The van der Waals surface area contributed by atoms with Crippen LogP contribution in [-0.4, -0.2) is 83.0 Å². The van der Waals surface area contributed by atoms with Crippen LogP contribution in [0.2, 0.25) is 0 Å². The van der Waals surface area contributed by atoms with Crippen LogP contribution in [-0.2, 0) is 25.4 Å². The highest BCUT2D eigenvalue weighted by molar-refractivity contribution is 5.82. The molecule has 196 valence electrons. The van der Waals surface area contributed by atoms with E-state index in [2.05, 4.69) is 0 Å². The highest BCUT2D eigenvalue weighted by atomic mass is 16.7. The molecule has 0 unspecified atom stereocenters. The lowest BCUT2D eigenvalue weighted by atomic mass is 9.82. The zero-order valence-corrected chi connectivity index (χ0v) is 20.4. The molecule has 0 amide bonds. The minimum atomic E-state index is -1.45. The molecule has 1 saturated carbocycles. The molecule has 3 rings (SSSR count). The summed E-state index contributed by atoms with van der Waals surface area (Å²) in [5.74, 6) is 0.512. The summed E-state index contributed by atoms with van der Waals surface area (Å²) < 4.78 is 22.3. The number of ether oxygens (including phenoxy) is 4. The lowest BCUT2D eigenvalue weighted by Crippen LogP contribution is -2.60. The van der Waals surface area contributed by atoms with Crippen LogP contribution in [0.5, 0.6) is 5.75 Å². The van der Waals surface area contributed by atoms with Gasteiger partial charge in [0.1, 0.15) is 36.8 Å². The standard InChI is InChI=1S/C26H38O9/c1-3-32-22(28)12-16(2)15-33-19-10-8-17(9-11-19)13-18-6-4-5-7-20(18)34-26-25(31)24(30)23(29)21(14-27)35-26/h8-12,18,20-21,23-27,29-31H,3-7,13-15H2,1-2H3/b16-12-/t18-,20-,21+,23+,24-,25+,26+/m0/s1. The predicted octanol–water partition coefficient (Wildman–Crippen LogP) is 1.49. The molecule has 1 aliphatic heterocycles. The molecule has 4 N–H and O–H groups in total. The van der Waals surface area contributed by atoms with E-state index in [1.54, 1.807) is 6.92 Å². The molecule has 9 nitrogen and oxygen atoms in total. The molecule has 1 aromatic carbocycles. The number of carbonyl (C=O) groups is 1. The van der Waals surface area contributed by atoms with E-state index in [1.165, 1.54) is 6.08 Å². The predicted molar refractivity (Wildman–Crippen MR) is 127 cm³/mol. The Morgan fingerprint density at radius 2 is 1.80 bits per heavy atom. The first kappa shape index (κ1) is 27.6. The largest absolute Gasteiger partial charge is 0.489 e. The molecule has 1 heterocycles. The second-order valence-electron chi connectivity index (χ2n) is 9.30. The van der Waals surface area contributed by atoms with Crippen LogP contribution < -0.4 is 4.74 Å². The SMILES string of the molecule is CCOC(=O)/C=C(/C)COc1ccc(C[C@@H]2CCCC[C@@H]2O[C@@H]2O[C@H](CO)[C@@H](O)[C@H](O)[C@H]2O)cc1. The van der Waals surface area contributed by atoms with Gasteiger partial charge in [-0.05, 0) is 62.3 Å². The van der Waals surface area contributed by atoms with E-state index in [0.717, 1.165) is 43.2 Å². The van der Waals surface area contributed by atoms with Crippen molar-refractivity contribution in [3.05, 3.63) is 41.5 Å². The van der Waals surface area contributed by atoms with Gasteiger partial charge in [0.05, 0.1) is 19.3 Å². The third kappa shape index (κ3) is 7.73. The van der Waals surface area contributed by atoms with E-state index in [9.17, 15) is 25.2 Å². The van der Waals surface area contributed by atoms with E-state index in [-0.39, 0.29) is 24.6 Å². The lowest BCUT2D eigenvalue weighted by Gasteiger charge is -2.42. The lowest BCUT2D eigenvalue weighted by molar-refractivity contribution is -0.316. The highest BCUT2D eigenvalue weighted by Crippen LogP contribution is 2.33.